The lowest BCUT2D eigenvalue weighted by Crippen LogP contribution is -2.01. The number of aliphatic hydroxyl groups excluding tert-OH is 1. The number of rotatable bonds is 6. The van der Waals surface area contributed by atoms with Crippen LogP contribution in [0.15, 0.2) is 66.9 Å². The lowest BCUT2D eigenvalue weighted by atomic mass is 10.1. The van der Waals surface area contributed by atoms with Crippen molar-refractivity contribution in [2.45, 2.75) is 12.9 Å². The molecule has 3 N–H and O–H groups in total. The largest absolute Gasteiger partial charge is 0.485 e. The fraction of sp³-hybridized carbons (Fsp3) is 0.150. The van der Waals surface area contributed by atoms with Crippen LogP contribution in [0, 0.1) is 0 Å². The topological polar surface area (TPSA) is 77.6 Å². The third-order valence-electron chi connectivity index (χ3n) is 3.87. The summed E-state index contributed by atoms with van der Waals surface area (Å²) in [5, 5.41) is 9.68. The van der Waals surface area contributed by atoms with E-state index in [0.717, 1.165) is 16.7 Å². The number of nitrogen functional groups attached to an aromatic ring is 1. The molecule has 1 unspecified atom stereocenters. The van der Waals surface area contributed by atoms with Gasteiger partial charge in [-0.15, -0.1) is 0 Å². The van der Waals surface area contributed by atoms with Crippen molar-refractivity contribution in [2.24, 2.45) is 0 Å². The molecule has 128 valence electrons. The van der Waals surface area contributed by atoms with Crippen LogP contribution < -0.4 is 10.5 Å². The number of nitrogens with two attached hydrogens (primary N) is 1. The molecule has 0 aliphatic heterocycles. The second-order valence-electron chi connectivity index (χ2n) is 5.59. The van der Waals surface area contributed by atoms with Gasteiger partial charge in [-0.2, -0.15) is 0 Å². The van der Waals surface area contributed by atoms with Crippen molar-refractivity contribution in [3.05, 3.63) is 78.0 Å². The van der Waals surface area contributed by atoms with Gasteiger partial charge in [-0.3, -0.25) is 0 Å². The van der Waals surface area contributed by atoms with Gasteiger partial charge in [-0.05, 0) is 17.2 Å². The summed E-state index contributed by atoms with van der Waals surface area (Å²) in [5.41, 5.74) is 9.51. The number of aliphatic hydroxyl groups is 1. The molecule has 5 nitrogen and oxygen atoms in total. The highest BCUT2D eigenvalue weighted by molar-refractivity contribution is 5.67. The van der Waals surface area contributed by atoms with Crippen LogP contribution in [0.3, 0.4) is 0 Å². The van der Waals surface area contributed by atoms with E-state index in [-0.39, 0.29) is 0 Å². The van der Waals surface area contributed by atoms with Gasteiger partial charge in [0.25, 0.3) is 0 Å². The maximum absolute atomic E-state index is 9.68. The first kappa shape index (κ1) is 17.0. The van der Waals surface area contributed by atoms with Crippen molar-refractivity contribution in [1.29, 1.82) is 0 Å². The minimum atomic E-state index is -0.927. The number of anilines is 1. The Morgan fingerprint density at radius 3 is 2.44 bits per heavy atom. The van der Waals surface area contributed by atoms with Crippen LogP contribution in [0.1, 0.15) is 17.4 Å². The molecule has 0 saturated carbocycles. The highest BCUT2D eigenvalue weighted by atomic mass is 16.6. The Morgan fingerprint density at radius 1 is 1.04 bits per heavy atom. The Balaban J connectivity index is 1.79. The van der Waals surface area contributed by atoms with Crippen molar-refractivity contribution >= 4 is 5.82 Å². The first-order valence-electron chi connectivity index (χ1n) is 7.91. The predicted molar refractivity (Wildman–Crippen MR) is 96.8 cm³/mol. The Labute approximate surface area is 146 Å². The van der Waals surface area contributed by atoms with Crippen LogP contribution in [-0.4, -0.2) is 17.2 Å². The van der Waals surface area contributed by atoms with Crippen LogP contribution in [0.25, 0.3) is 11.1 Å². The van der Waals surface area contributed by atoms with Crippen LogP contribution in [0.5, 0.6) is 5.75 Å². The first-order valence-corrected chi connectivity index (χ1v) is 7.91. The van der Waals surface area contributed by atoms with E-state index in [4.69, 9.17) is 15.2 Å². The highest BCUT2D eigenvalue weighted by Gasteiger charge is 2.09. The zero-order chi connectivity index (χ0) is 17.6. The van der Waals surface area contributed by atoms with Gasteiger partial charge in [0.05, 0.1) is 0 Å². The predicted octanol–water partition coefficient (Wildman–Crippen LogP) is 3.55. The van der Waals surface area contributed by atoms with Gasteiger partial charge in [-0.1, -0.05) is 54.6 Å². The Kier molecular flexibility index (Phi) is 5.28. The van der Waals surface area contributed by atoms with Gasteiger partial charge >= 0.3 is 0 Å². The molecule has 0 bridgehead atoms. The summed E-state index contributed by atoms with van der Waals surface area (Å²) < 4.78 is 10.7. The van der Waals surface area contributed by atoms with Gasteiger partial charge < -0.3 is 20.3 Å². The SMILES string of the molecule is COC(O)c1ccc(-c2cnc(N)c(OCc3ccccc3)c2)cc1. The first-order chi connectivity index (χ1) is 12.2. The summed E-state index contributed by atoms with van der Waals surface area (Å²) in [6.07, 6.45) is 0.773. The maximum atomic E-state index is 9.68. The van der Waals surface area contributed by atoms with E-state index in [1.165, 1.54) is 7.11 Å². The van der Waals surface area contributed by atoms with Crippen LogP contribution >= 0.6 is 0 Å². The van der Waals surface area contributed by atoms with E-state index in [0.29, 0.717) is 23.7 Å². The molecule has 1 aromatic heterocycles. The number of nitrogens with zero attached hydrogens (tertiary/aromatic N) is 1. The average molecular weight is 336 g/mol. The molecule has 0 amide bonds. The molecule has 5 heteroatoms. The quantitative estimate of drug-likeness (QED) is 0.673. The van der Waals surface area contributed by atoms with E-state index >= 15 is 0 Å². The molecular weight excluding hydrogens is 316 g/mol. The molecule has 0 spiro atoms. The Hall–Kier alpha value is -2.89. The van der Waals surface area contributed by atoms with Crippen molar-refractivity contribution < 1.29 is 14.6 Å². The molecule has 1 heterocycles. The second kappa shape index (κ2) is 7.79. The number of benzene rings is 2. The molecule has 0 saturated heterocycles. The number of aromatic nitrogens is 1. The van der Waals surface area contributed by atoms with E-state index < -0.39 is 6.29 Å². The summed E-state index contributed by atoms with van der Waals surface area (Å²) >= 11 is 0. The number of methoxy groups -OCH3 is 1. The molecule has 2 aromatic carbocycles. The van der Waals surface area contributed by atoms with Gasteiger partial charge in [0.2, 0.25) is 0 Å². The average Bonchev–Trinajstić information content (AvgIpc) is 2.67. The van der Waals surface area contributed by atoms with Crippen LogP contribution in [-0.2, 0) is 11.3 Å². The van der Waals surface area contributed by atoms with Crippen LogP contribution in [0.4, 0.5) is 5.82 Å². The molecule has 1 atom stereocenters. The lowest BCUT2D eigenvalue weighted by molar-refractivity contribution is -0.0769. The third kappa shape index (κ3) is 4.15. The van der Waals surface area contributed by atoms with Crippen LogP contribution in [0.2, 0.25) is 0 Å². The molecule has 25 heavy (non-hydrogen) atoms. The summed E-state index contributed by atoms with van der Waals surface area (Å²) in [7, 11) is 1.46. The van der Waals surface area contributed by atoms with Crippen molar-refractivity contribution in [1.82, 2.24) is 4.98 Å². The summed E-state index contributed by atoms with van der Waals surface area (Å²) in [6.45, 7) is 0.426. The van der Waals surface area contributed by atoms with Gasteiger partial charge in [0.15, 0.2) is 17.9 Å². The van der Waals surface area contributed by atoms with Gasteiger partial charge in [0, 0.05) is 24.4 Å². The summed E-state index contributed by atoms with van der Waals surface area (Å²) in [5.74, 6) is 0.897. The minimum Gasteiger partial charge on any atom is -0.485 e. The lowest BCUT2D eigenvalue weighted by Gasteiger charge is -2.12. The molecule has 0 fully saturated rings. The summed E-state index contributed by atoms with van der Waals surface area (Å²) in [6, 6.07) is 19.2. The number of ether oxygens (including phenoxy) is 2. The van der Waals surface area contributed by atoms with Crippen molar-refractivity contribution in [3.8, 4) is 16.9 Å². The van der Waals surface area contributed by atoms with Gasteiger partial charge in [0.1, 0.15) is 6.61 Å². The molecule has 3 aromatic rings. The zero-order valence-electron chi connectivity index (χ0n) is 13.9. The normalized spacial score (nSPS) is 11.9. The zero-order valence-corrected chi connectivity index (χ0v) is 13.9. The van der Waals surface area contributed by atoms with Crippen molar-refractivity contribution in [3.63, 3.8) is 0 Å². The van der Waals surface area contributed by atoms with Gasteiger partial charge in [-0.25, -0.2) is 4.98 Å². The van der Waals surface area contributed by atoms with E-state index in [1.807, 2.05) is 60.7 Å². The van der Waals surface area contributed by atoms with E-state index in [9.17, 15) is 5.11 Å². The summed E-state index contributed by atoms with van der Waals surface area (Å²) in [4.78, 5) is 4.22. The van der Waals surface area contributed by atoms with E-state index in [1.54, 1.807) is 6.20 Å². The highest BCUT2D eigenvalue weighted by Crippen LogP contribution is 2.28. The number of hydrogen-bond donors (Lipinski definition) is 2. The standard InChI is InChI=1S/C20H20N2O3/c1-24-20(23)16-9-7-15(8-10-16)17-11-18(19(21)22-12-17)25-13-14-5-3-2-4-6-14/h2-12,20,23H,13H2,1H3,(H2,21,22). The number of hydrogen-bond acceptors (Lipinski definition) is 5. The minimum absolute atomic E-state index is 0.353. The second-order valence-corrected chi connectivity index (χ2v) is 5.59. The van der Waals surface area contributed by atoms with Crippen molar-refractivity contribution in [2.75, 3.05) is 12.8 Å². The number of pyridine rings is 1. The van der Waals surface area contributed by atoms with E-state index in [2.05, 4.69) is 4.98 Å². The molecule has 3 rings (SSSR count). The maximum Gasteiger partial charge on any atom is 0.180 e. The fourth-order valence-corrected chi connectivity index (χ4v) is 2.44. The fourth-order valence-electron chi connectivity index (χ4n) is 2.44. The Morgan fingerprint density at radius 2 is 1.76 bits per heavy atom. The monoisotopic (exact) mass is 336 g/mol. The molecule has 0 aliphatic rings. The molecule has 0 aliphatic carbocycles. The third-order valence-corrected chi connectivity index (χ3v) is 3.87. The molecule has 0 radical (unpaired) electrons. The molecular formula is C20H20N2O3. The Bertz CT molecular complexity index is 820. The smallest absolute Gasteiger partial charge is 0.180 e.